The lowest BCUT2D eigenvalue weighted by Crippen LogP contribution is -2.48. The first-order valence-corrected chi connectivity index (χ1v) is 17.9. The molecule has 4 heterocycles. The molecular weight excluding hydrogens is 566 g/mol. The van der Waals surface area contributed by atoms with Gasteiger partial charge in [0.1, 0.15) is 6.61 Å². The van der Waals surface area contributed by atoms with Crippen molar-refractivity contribution in [3.8, 4) is 0 Å². The summed E-state index contributed by atoms with van der Waals surface area (Å²) in [5, 5.41) is 10.2. The van der Waals surface area contributed by atoms with Crippen LogP contribution in [0.4, 0.5) is 16.2 Å². The lowest BCUT2D eigenvalue weighted by molar-refractivity contribution is -0.150. The number of benzene rings is 2. The summed E-state index contributed by atoms with van der Waals surface area (Å²) >= 11 is 0. The SMILES string of the molecule is C=CCN1C(=O)[C@]2(O[C@H](CC(=O)N3Cc4ccccc4C[C@H]3CO)[C@@H]([Si](C)(C)O)[C@@H]2C)c2cc(N3CCOC3=O)ccc21. The molecule has 228 valence electrons. The van der Waals surface area contributed by atoms with Crippen molar-refractivity contribution < 1.29 is 33.8 Å². The summed E-state index contributed by atoms with van der Waals surface area (Å²) in [5.41, 5.74) is 2.13. The number of anilines is 2. The Morgan fingerprint density at radius 1 is 1.19 bits per heavy atom. The maximum absolute atomic E-state index is 14.4. The van der Waals surface area contributed by atoms with Crippen LogP contribution in [0.2, 0.25) is 18.6 Å². The lowest BCUT2D eigenvalue weighted by Gasteiger charge is -2.37. The van der Waals surface area contributed by atoms with Gasteiger partial charge in [0.15, 0.2) is 13.9 Å². The number of rotatable bonds is 7. The number of carbonyl (C=O) groups is 3. The predicted molar refractivity (Wildman–Crippen MR) is 163 cm³/mol. The summed E-state index contributed by atoms with van der Waals surface area (Å²) in [6.07, 6.45) is 0.991. The number of aliphatic hydroxyl groups is 1. The van der Waals surface area contributed by atoms with Crippen molar-refractivity contribution in [2.75, 3.05) is 36.1 Å². The number of ether oxygens (including phenoxy) is 2. The van der Waals surface area contributed by atoms with Crippen molar-refractivity contribution in [3.05, 3.63) is 71.8 Å². The van der Waals surface area contributed by atoms with E-state index in [4.69, 9.17) is 9.47 Å². The molecule has 0 bridgehead atoms. The molecule has 6 rings (SSSR count). The molecule has 0 aromatic heterocycles. The fourth-order valence-electron chi connectivity index (χ4n) is 7.70. The fourth-order valence-corrected chi connectivity index (χ4v) is 10.3. The molecule has 0 unspecified atom stereocenters. The molecule has 0 radical (unpaired) electrons. The van der Waals surface area contributed by atoms with E-state index in [1.54, 1.807) is 21.9 Å². The molecule has 10 nitrogen and oxygen atoms in total. The van der Waals surface area contributed by atoms with E-state index in [2.05, 4.69) is 6.58 Å². The van der Waals surface area contributed by atoms with Gasteiger partial charge in [0.25, 0.3) is 5.91 Å². The van der Waals surface area contributed by atoms with Gasteiger partial charge in [-0.15, -0.1) is 6.58 Å². The van der Waals surface area contributed by atoms with Gasteiger partial charge in [-0.2, -0.15) is 0 Å². The van der Waals surface area contributed by atoms with Crippen molar-refractivity contribution >= 4 is 37.6 Å². The second-order valence-corrected chi connectivity index (χ2v) is 16.5. The van der Waals surface area contributed by atoms with Crippen LogP contribution in [0, 0.1) is 5.92 Å². The average molecular weight is 606 g/mol. The highest BCUT2D eigenvalue weighted by Gasteiger charge is 2.66. The van der Waals surface area contributed by atoms with E-state index in [0.717, 1.165) is 11.1 Å². The molecule has 3 amide bonds. The van der Waals surface area contributed by atoms with E-state index in [-0.39, 0.29) is 44.0 Å². The number of amides is 3. The topological polar surface area (TPSA) is 120 Å². The minimum absolute atomic E-state index is 0.0331. The predicted octanol–water partition coefficient (Wildman–Crippen LogP) is 3.31. The Hall–Kier alpha value is -3.51. The largest absolute Gasteiger partial charge is 0.447 e. The minimum atomic E-state index is -3.01. The minimum Gasteiger partial charge on any atom is -0.447 e. The molecule has 11 heteroatoms. The van der Waals surface area contributed by atoms with Gasteiger partial charge in [0.2, 0.25) is 5.91 Å². The smallest absolute Gasteiger partial charge is 0.414 e. The maximum atomic E-state index is 14.4. The quantitative estimate of drug-likeness (QED) is 0.367. The number of nitrogens with zero attached hydrogens (tertiary/aromatic N) is 3. The van der Waals surface area contributed by atoms with Crippen molar-refractivity contribution in [1.82, 2.24) is 4.90 Å². The third-order valence-corrected chi connectivity index (χ3v) is 12.1. The third kappa shape index (κ3) is 4.69. The third-order valence-electron chi connectivity index (χ3n) is 9.61. The second-order valence-electron chi connectivity index (χ2n) is 12.6. The highest BCUT2D eigenvalue weighted by Crippen LogP contribution is 2.60. The van der Waals surface area contributed by atoms with Gasteiger partial charge >= 0.3 is 6.09 Å². The van der Waals surface area contributed by atoms with E-state index >= 15 is 0 Å². The molecule has 2 N–H and O–H groups in total. The average Bonchev–Trinajstić information content (AvgIpc) is 3.61. The number of aliphatic hydroxyl groups excluding tert-OH is 1. The zero-order chi connectivity index (χ0) is 30.7. The first kappa shape index (κ1) is 29.6. The normalized spacial score (nSPS) is 28.3. The Bertz CT molecular complexity index is 1480. The number of hydrogen-bond acceptors (Lipinski definition) is 7. The van der Waals surface area contributed by atoms with Crippen molar-refractivity contribution in [2.45, 2.75) is 62.7 Å². The molecule has 4 aliphatic rings. The van der Waals surface area contributed by atoms with E-state index < -0.39 is 37.6 Å². The fraction of sp³-hybridized carbons (Fsp3) is 0.469. The molecule has 2 fully saturated rings. The summed E-state index contributed by atoms with van der Waals surface area (Å²) in [7, 11) is -3.01. The van der Waals surface area contributed by atoms with E-state index in [1.807, 2.05) is 56.4 Å². The van der Waals surface area contributed by atoms with Crippen LogP contribution in [0.5, 0.6) is 0 Å². The molecule has 2 saturated heterocycles. The van der Waals surface area contributed by atoms with Crippen LogP contribution in [0.25, 0.3) is 0 Å². The van der Waals surface area contributed by atoms with Crippen LogP contribution in [-0.4, -0.2) is 79.5 Å². The number of cyclic esters (lactones) is 1. The summed E-state index contributed by atoms with van der Waals surface area (Å²) in [6.45, 7) is 10.5. The Morgan fingerprint density at radius 2 is 1.93 bits per heavy atom. The van der Waals surface area contributed by atoms with Gasteiger partial charge < -0.3 is 29.2 Å². The Morgan fingerprint density at radius 3 is 2.58 bits per heavy atom. The van der Waals surface area contributed by atoms with Gasteiger partial charge in [0.05, 0.1) is 37.4 Å². The summed E-state index contributed by atoms with van der Waals surface area (Å²) in [4.78, 5) is 57.2. The molecule has 0 aliphatic carbocycles. The number of hydrogen-bond donors (Lipinski definition) is 2. The molecule has 43 heavy (non-hydrogen) atoms. The zero-order valence-corrected chi connectivity index (χ0v) is 25.9. The Labute approximate surface area is 252 Å². The Kier molecular flexibility index (Phi) is 7.48. The van der Waals surface area contributed by atoms with Crippen LogP contribution < -0.4 is 9.80 Å². The second kappa shape index (κ2) is 10.9. The van der Waals surface area contributed by atoms with Crippen molar-refractivity contribution in [2.24, 2.45) is 5.92 Å². The number of fused-ring (bicyclic) bond motifs is 3. The zero-order valence-electron chi connectivity index (χ0n) is 24.9. The van der Waals surface area contributed by atoms with Gasteiger partial charge in [-0.05, 0) is 48.8 Å². The van der Waals surface area contributed by atoms with Gasteiger partial charge in [-0.1, -0.05) is 37.3 Å². The lowest BCUT2D eigenvalue weighted by atomic mass is 9.82. The van der Waals surface area contributed by atoms with E-state index in [0.29, 0.717) is 36.4 Å². The van der Waals surface area contributed by atoms with Gasteiger partial charge in [-0.25, -0.2) is 4.79 Å². The van der Waals surface area contributed by atoms with Crippen molar-refractivity contribution in [3.63, 3.8) is 0 Å². The highest BCUT2D eigenvalue weighted by molar-refractivity contribution is 6.71. The standard InChI is InChI=1S/C32H39N3O7Si/c1-5-12-34-26-11-10-23(33-13-14-41-31(33)39)16-25(26)32(30(34)38)20(2)29(43(3,4)40)27(42-32)17-28(37)35-18-22-9-7-6-8-21(22)15-24(35)19-36/h5-11,16,20,24,27,29,36,40H,1,12-15,17-19H2,2-4H3/t20-,24-,27+,29-,32+/m0/s1. The molecule has 0 saturated carbocycles. The highest BCUT2D eigenvalue weighted by atomic mass is 28.4. The van der Waals surface area contributed by atoms with Crippen LogP contribution in [0.1, 0.15) is 30.0 Å². The molecule has 2 aromatic carbocycles. The molecule has 1 spiro atoms. The summed E-state index contributed by atoms with van der Waals surface area (Å²) in [6, 6.07) is 13.0. The van der Waals surface area contributed by atoms with E-state index in [1.165, 1.54) is 4.90 Å². The molecule has 5 atom stereocenters. The first-order valence-electron chi connectivity index (χ1n) is 14.9. The molecule has 2 aromatic rings. The van der Waals surface area contributed by atoms with Gasteiger partial charge in [0, 0.05) is 35.8 Å². The van der Waals surface area contributed by atoms with Crippen LogP contribution in [0.3, 0.4) is 0 Å². The Balaban J connectivity index is 1.38. The molecule has 4 aliphatic heterocycles. The van der Waals surface area contributed by atoms with Crippen LogP contribution in [-0.2, 0) is 37.6 Å². The van der Waals surface area contributed by atoms with Crippen LogP contribution >= 0.6 is 0 Å². The maximum Gasteiger partial charge on any atom is 0.414 e. The summed E-state index contributed by atoms with van der Waals surface area (Å²) < 4.78 is 12.0. The number of carbonyl (C=O) groups excluding carboxylic acids is 3. The monoisotopic (exact) mass is 605 g/mol. The molecular formula is C32H39N3O7Si. The van der Waals surface area contributed by atoms with Crippen LogP contribution in [0.15, 0.2) is 55.1 Å². The van der Waals surface area contributed by atoms with E-state index in [9.17, 15) is 24.3 Å². The summed E-state index contributed by atoms with van der Waals surface area (Å²) in [5.74, 6) is -0.919. The van der Waals surface area contributed by atoms with Gasteiger partial charge in [-0.3, -0.25) is 14.5 Å². The van der Waals surface area contributed by atoms with Crippen molar-refractivity contribution in [1.29, 1.82) is 0 Å². The first-order chi connectivity index (χ1) is 20.5.